The molecule has 0 saturated heterocycles. The number of hydrogen-bond donors (Lipinski definition) is 0. The topological polar surface area (TPSA) is 47.8 Å². The zero-order valence-electron chi connectivity index (χ0n) is 10.5. The maximum absolute atomic E-state index is 12.0. The third-order valence-corrected chi connectivity index (χ3v) is 3.72. The van der Waals surface area contributed by atoms with Gasteiger partial charge in [-0.2, -0.15) is 5.10 Å². The summed E-state index contributed by atoms with van der Waals surface area (Å²) in [6.07, 6.45) is 2.48. The van der Waals surface area contributed by atoms with Crippen LogP contribution in [0.2, 0.25) is 0 Å². The molecule has 0 amide bonds. The molecule has 5 heteroatoms. The monoisotopic (exact) mass is 261 g/mol. The average Bonchev–Trinajstić information content (AvgIpc) is 2.81. The van der Waals surface area contributed by atoms with Crippen molar-refractivity contribution < 1.29 is 4.79 Å². The van der Waals surface area contributed by atoms with Crippen molar-refractivity contribution in [3.8, 4) is 0 Å². The minimum absolute atomic E-state index is 0.116. The molecule has 0 radical (unpaired) electrons. The maximum Gasteiger partial charge on any atom is 0.186 e. The van der Waals surface area contributed by atoms with Crippen molar-refractivity contribution in [2.45, 2.75) is 18.5 Å². The van der Waals surface area contributed by atoms with Crippen LogP contribution < -0.4 is 0 Å². The first kappa shape index (κ1) is 12.8. The van der Waals surface area contributed by atoms with Gasteiger partial charge in [-0.25, -0.2) is 9.67 Å². The van der Waals surface area contributed by atoms with Crippen LogP contribution >= 0.6 is 11.8 Å². The van der Waals surface area contributed by atoms with Gasteiger partial charge in [-0.1, -0.05) is 43.0 Å². The Kier molecular flexibility index (Phi) is 4.15. The lowest BCUT2D eigenvalue weighted by molar-refractivity contribution is 0.102. The van der Waals surface area contributed by atoms with Crippen LogP contribution in [0, 0.1) is 0 Å². The number of carbonyl (C=O) groups excluding carboxylic acids is 1. The first-order valence-electron chi connectivity index (χ1n) is 5.79. The van der Waals surface area contributed by atoms with Gasteiger partial charge in [0.1, 0.15) is 6.33 Å². The summed E-state index contributed by atoms with van der Waals surface area (Å²) in [5.74, 6) is 0.503. The molecule has 0 N–H and O–H groups in total. The molecule has 0 spiro atoms. The molecule has 0 bridgehead atoms. The summed E-state index contributed by atoms with van der Waals surface area (Å²) in [5, 5.41) is 4.72. The second kappa shape index (κ2) is 5.82. The van der Waals surface area contributed by atoms with Crippen LogP contribution in [0.15, 0.2) is 35.7 Å². The smallest absolute Gasteiger partial charge is 0.186 e. The maximum atomic E-state index is 12.0. The highest BCUT2D eigenvalue weighted by molar-refractivity contribution is 7.99. The van der Waals surface area contributed by atoms with E-state index in [1.807, 2.05) is 31.3 Å². The summed E-state index contributed by atoms with van der Waals surface area (Å²) in [4.78, 5) is 16.0. The van der Waals surface area contributed by atoms with Gasteiger partial charge in [-0.05, 0) is 12.0 Å². The lowest BCUT2D eigenvalue weighted by atomic mass is 10.1. The van der Waals surface area contributed by atoms with Crippen LogP contribution in [0.5, 0.6) is 0 Å². The van der Waals surface area contributed by atoms with E-state index in [2.05, 4.69) is 17.0 Å². The van der Waals surface area contributed by atoms with Crippen molar-refractivity contribution in [1.29, 1.82) is 0 Å². The van der Waals surface area contributed by atoms with Gasteiger partial charge in [0.15, 0.2) is 10.9 Å². The third-order valence-electron chi connectivity index (χ3n) is 2.69. The highest BCUT2D eigenvalue weighted by atomic mass is 32.2. The molecule has 0 saturated carbocycles. The molecule has 2 rings (SSSR count). The summed E-state index contributed by atoms with van der Waals surface area (Å²) < 4.78 is 1.66. The van der Waals surface area contributed by atoms with E-state index in [9.17, 15) is 4.79 Å². The fourth-order valence-electron chi connectivity index (χ4n) is 1.56. The highest BCUT2D eigenvalue weighted by Gasteiger charge is 2.09. The molecule has 2 aromatic rings. The molecule has 0 aliphatic carbocycles. The number of hydrogen-bond acceptors (Lipinski definition) is 4. The lowest BCUT2D eigenvalue weighted by Crippen LogP contribution is -2.04. The number of Topliss-reactive ketones (excluding diaryl/α,β-unsaturated/α-hetero) is 1. The highest BCUT2D eigenvalue weighted by Crippen LogP contribution is 2.15. The minimum Gasteiger partial charge on any atom is -0.293 e. The SMILES string of the molecule is CCc1ccc(C(=O)CSc2ncnn2C)cc1. The van der Waals surface area contributed by atoms with Gasteiger partial charge < -0.3 is 0 Å². The Balaban J connectivity index is 1.97. The molecule has 0 atom stereocenters. The van der Waals surface area contributed by atoms with E-state index in [1.165, 1.54) is 23.7 Å². The van der Waals surface area contributed by atoms with Gasteiger partial charge in [-0.15, -0.1) is 0 Å². The average molecular weight is 261 g/mol. The molecule has 0 aliphatic rings. The fourth-order valence-corrected chi connectivity index (χ4v) is 2.34. The zero-order chi connectivity index (χ0) is 13.0. The van der Waals surface area contributed by atoms with Crippen LogP contribution in [-0.2, 0) is 13.5 Å². The predicted octanol–water partition coefficient (Wildman–Crippen LogP) is 2.35. The van der Waals surface area contributed by atoms with Crippen LogP contribution in [0.3, 0.4) is 0 Å². The van der Waals surface area contributed by atoms with Gasteiger partial charge in [0.2, 0.25) is 0 Å². The van der Waals surface area contributed by atoms with E-state index >= 15 is 0 Å². The van der Waals surface area contributed by atoms with Crippen LogP contribution in [0.25, 0.3) is 0 Å². The Morgan fingerprint density at radius 3 is 2.61 bits per heavy atom. The molecule has 0 fully saturated rings. The van der Waals surface area contributed by atoms with Crippen molar-refractivity contribution in [2.24, 2.45) is 7.05 Å². The van der Waals surface area contributed by atoms with Gasteiger partial charge in [0.05, 0.1) is 5.75 Å². The normalized spacial score (nSPS) is 10.6. The summed E-state index contributed by atoms with van der Waals surface area (Å²) in [7, 11) is 1.82. The number of aryl methyl sites for hydroxylation is 2. The number of nitrogens with zero attached hydrogens (tertiary/aromatic N) is 3. The van der Waals surface area contributed by atoms with Gasteiger partial charge in [-0.3, -0.25) is 4.79 Å². The van der Waals surface area contributed by atoms with E-state index in [-0.39, 0.29) is 5.78 Å². The van der Waals surface area contributed by atoms with Crippen molar-refractivity contribution in [1.82, 2.24) is 14.8 Å². The van der Waals surface area contributed by atoms with Gasteiger partial charge in [0, 0.05) is 12.6 Å². The van der Waals surface area contributed by atoms with Crippen molar-refractivity contribution >= 4 is 17.5 Å². The lowest BCUT2D eigenvalue weighted by Gasteiger charge is -2.02. The Morgan fingerprint density at radius 2 is 2.06 bits per heavy atom. The van der Waals surface area contributed by atoms with E-state index in [4.69, 9.17) is 0 Å². The molecule has 1 heterocycles. The number of benzene rings is 1. The number of thioether (sulfide) groups is 1. The molecule has 1 aromatic carbocycles. The molecule has 1 aromatic heterocycles. The van der Waals surface area contributed by atoms with Crippen molar-refractivity contribution in [2.75, 3.05) is 5.75 Å². The summed E-state index contributed by atoms with van der Waals surface area (Å²) in [6, 6.07) is 7.78. The first-order chi connectivity index (χ1) is 8.70. The van der Waals surface area contributed by atoms with Gasteiger partial charge >= 0.3 is 0 Å². The van der Waals surface area contributed by atoms with Crippen molar-refractivity contribution in [3.05, 3.63) is 41.7 Å². The Hall–Kier alpha value is -1.62. The van der Waals surface area contributed by atoms with E-state index in [1.54, 1.807) is 4.68 Å². The molecular formula is C13H15N3OS. The standard InChI is InChI=1S/C13H15N3OS/c1-3-10-4-6-11(7-5-10)12(17)8-18-13-14-9-15-16(13)2/h4-7,9H,3,8H2,1-2H3. The molecular weight excluding hydrogens is 246 g/mol. The first-order valence-corrected chi connectivity index (χ1v) is 6.78. The minimum atomic E-state index is 0.116. The van der Waals surface area contributed by atoms with E-state index in [0.717, 1.165) is 17.1 Å². The fraction of sp³-hybridized carbons (Fsp3) is 0.308. The second-order valence-electron chi connectivity index (χ2n) is 3.93. The van der Waals surface area contributed by atoms with Crippen LogP contribution in [0.4, 0.5) is 0 Å². The summed E-state index contributed by atoms with van der Waals surface area (Å²) in [5.41, 5.74) is 1.99. The van der Waals surface area contributed by atoms with E-state index in [0.29, 0.717) is 5.75 Å². The number of carbonyl (C=O) groups is 1. The van der Waals surface area contributed by atoms with Crippen LogP contribution in [-0.4, -0.2) is 26.3 Å². The van der Waals surface area contributed by atoms with E-state index < -0.39 is 0 Å². The molecule has 18 heavy (non-hydrogen) atoms. The van der Waals surface area contributed by atoms with Gasteiger partial charge in [0.25, 0.3) is 0 Å². The summed E-state index contributed by atoms with van der Waals surface area (Å²) in [6.45, 7) is 2.10. The summed E-state index contributed by atoms with van der Waals surface area (Å²) >= 11 is 1.41. The Bertz CT molecular complexity index is 533. The predicted molar refractivity (Wildman–Crippen MR) is 71.9 cm³/mol. The van der Waals surface area contributed by atoms with Crippen LogP contribution in [0.1, 0.15) is 22.8 Å². The molecule has 0 unspecified atom stereocenters. The van der Waals surface area contributed by atoms with Crippen molar-refractivity contribution in [3.63, 3.8) is 0 Å². The second-order valence-corrected chi connectivity index (χ2v) is 4.87. The molecule has 94 valence electrons. The number of rotatable bonds is 5. The number of ketones is 1. The zero-order valence-corrected chi connectivity index (χ0v) is 11.3. The molecule has 4 nitrogen and oxygen atoms in total. The quantitative estimate of drug-likeness (QED) is 0.612. The Morgan fingerprint density at radius 1 is 1.33 bits per heavy atom. The molecule has 0 aliphatic heterocycles. The largest absolute Gasteiger partial charge is 0.293 e. The Labute approximate surface area is 110 Å². The third kappa shape index (κ3) is 2.98. The number of aromatic nitrogens is 3.